The van der Waals surface area contributed by atoms with Crippen LogP contribution in [0.3, 0.4) is 0 Å². The van der Waals surface area contributed by atoms with E-state index in [2.05, 4.69) is 15.3 Å². The summed E-state index contributed by atoms with van der Waals surface area (Å²) in [6, 6.07) is 3.56. The van der Waals surface area contributed by atoms with Gasteiger partial charge >= 0.3 is 0 Å². The molecule has 6 heteroatoms. The van der Waals surface area contributed by atoms with E-state index in [1.807, 2.05) is 5.38 Å². The molecule has 0 aliphatic heterocycles. The topological polar surface area (TPSA) is 80.9 Å². The molecule has 0 aromatic carbocycles. The van der Waals surface area contributed by atoms with Crippen LogP contribution in [0.15, 0.2) is 29.9 Å². The van der Waals surface area contributed by atoms with Crippen molar-refractivity contribution in [1.29, 1.82) is 0 Å². The van der Waals surface area contributed by atoms with Gasteiger partial charge in [0.15, 0.2) is 0 Å². The fourth-order valence-corrected chi connectivity index (χ4v) is 2.00. The zero-order valence-corrected chi connectivity index (χ0v) is 9.91. The van der Waals surface area contributed by atoms with E-state index in [-0.39, 0.29) is 12.3 Å². The Bertz CT molecular complexity index is 497. The zero-order chi connectivity index (χ0) is 12.1. The number of amides is 1. The first-order chi connectivity index (χ1) is 8.28. The maximum atomic E-state index is 11.7. The molecule has 0 radical (unpaired) electrons. The van der Waals surface area contributed by atoms with E-state index in [1.165, 1.54) is 11.3 Å². The lowest BCUT2D eigenvalue weighted by Gasteiger charge is -2.02. The van der Waals surface area contributed by atoms with Crippen LogP contribution in [0.25, 0.3) is 0 Å². The van der Waals surface area contributed by atoms with Crippen molar-refractivity contribution in [3.8, 4) is 0 Å². The molecule has 2 aromatic heterocycles. The van der Waals surface area contributed by atoms with Crippen molar-refractivity contribution >= 4 is 22.9 Å². The van der Waals surface area contributed by atoms with Crippen LogP contribution >= 0.6 is 11.3 Å². The molecule has 0 aliphatic rings. The number of nitrogens with one attached hydrogen (secondary N) is 1. The summed E-state index contributed by atoms with van der Waals surface area (Å²) in [4.78, 5) is 19.8. The number of rotatable bonds is 4. The van der Waals surface area contributed by atoms with E-state index in [0.29, 0.717) is 12.2 Å². The normalized spacial score (nSPS) is 10.2. The molecular weight excluding hydrogens is 236 g/mol. The number of nitrogens with zero attached hydrogens (tertiary/aromatic N) is 2. The van der Waals surface area contributed by atoms with Crippen LogP contribution < -0.4 is 11.1 Å². The fraction of sp³-hybridized carbons (Fsp3) is 0.182. The third kappa shape index (κ3) is 3.33. The molecule has 2 aromatic rings. The number of anilines is 1. The number of hydrogen-bond donors (Lipinski definition) is 2. The van der Waals surface area contributed by atoms with Crippen LogP contribution in [-0.2, 0) is 17.8 Å². The van der Waals surface area contributed by atoms with Gasteiger partial charge in [-0.25, -0.2) is 4.98 Å². The Hall–Kier alpha value is -1.79. The molecule has 0 unspecified atom stereocenters. The number of carbonyl (C=O) groups excluding carboxylic acids is 1. The number of hydrogen-bond acceptors (Lipinski definition) is 5. The van der Waals surface area contributed by atoms with Crippen molar-refractivity contribution in [2.24, 2.45) is 5.73 Å². The third-order valence-electron chi connectivity index (χ3n) is 2.06. The van der Waals surface area contributed by atoms with E-state index < -0.39 is 0 Å². The fourth-order valence-electron chi connectivity index (χ4n) is 1.33. The molecule has 3 N–H and O–H groups in total. The van der Waals surface area contributed by atoms with Crippen molar-refractivity contribution in [3.05, 3.63) is 40.6 Å². The lowest BCUT2D eigenvalue weighted by atomic mass is 10.3. The second-order valence-electron chi connectivity index (χ2n) is 3.40. The maximum absolute atomic E-state index is 11.7. The molecule has 2 heterocycles. The molecule has 0 atom stereocenters. The molecule has 0 aliphatic carbocycles. The molecular formula is C11H12N4OS. The van der Waals surface area contributed by atoms with Gasteiger partial charge in [-0.15, -0.1) is 11.3 Å². The Morgan fingerprint density at radius 3 is 3.06 bits per heavy atom. The Kier molecular flexibility index (Phi) is 3.79. The van der Waals surface area contributed by atoms with Crippen LogP contribution in [0, 0.1) is 0 Å². The van der Waals surface area contributed by atoms with Gasteiger partial charge in [0.2, 0.25) is 5.91 Å². The summed E-state index contributed by atoms with van der Waals surface area (Å²) in [6.45, 7) is 0.412. The van der Waals surface area contributed by atoms with Gasteiger partial charge in [-0.3, -0.25) is 9.78 Å². The van der Waals surface area contributed by atoms with Crippen LogP contribution in [0.1, 0.15) is 10.7 Å². The van der Waals surface area contributed by atoms with Crippen molar-refractivity contribution < 1.29 is 4.79 Å². The van der Waals surface area contributed by atoms with Gasteiger partial charge in [0.05, 0.1) is 24.0 Å². The standard InChI is InChI=1S/C11H12N4OS/c12-5-11-15-9(7-17-11)4-10(16)14-8-2-1-3-13-6-8/h1-3,6-7H,4-5,12H2,(H,14,16). The number of thiazole rings is 1. The predicted octanol–water partition coefficient (Wildman–Crippen LogP) is 1.18. The third-order valence-corrected chi connectivity index (χ3v) is 2.98. The highest BCUT2D eigenvalue weighted by atomic mass is 32.1. The Morgan fingerprint density at radius 1 is 1.53 bits per heavy atom. The van der Waals surface area contributed by atoms with Gasteiger partial charge in [0.25, 0.3) is 0 Å². The predicted molar refractivity (Wildman–Crippen MR) is 66.6 cm³/mol. The first-order valence-electron chi connectivity index (χ1n) is 5.11. The van der Waals surface area contributed by atoms with E-state index in [1.54, 1.807) is 24.5 Å². The molecule has 0 bridgehead atoms. The smallest absolute Gasteiger partial charge is 0.230 e. The minimum Gasteiger partial charge on any atom is -0.325 e. The van der Waals surface area contributed by atoms with E-state index in [0.717, 1.165) is 10.7 Å². The van der Waals surface area contributed by atoms with Crippen LogP contribution in [0.5, 0.6) is 0 Å². The van der Waals surface area contributed by atoms with Gasteiger partial charge in [0.1, 0.15) is 5.01 Å². The van der Waals surface area contributed by atoms with Crippen molar-refractivity contribution in [3.63, 3.8) is 0 Å². The highest BCUT2D eigenvalue weighted by Gasteiger charge is 2.07. The van der Waals surface area contributed by atoms with Crippen LogP contribution in [0.2, 0.25) is 0 Å². The molecule has 88 valence electrons. The average Bonchev–Trinajstić information content (AvgIpc) is 2.78. The van der Waals surface area contributed by atoms with Crippen molar-refractivity contribution in [1.82, 2.24) is 9.97 Å². The summed E-state index contributed by atoms with van der Waals surface area (Å²) in [5.41, 5.74) is 6.89. The van der Waals surface area contributed by atoms with E-state index in [4.69, 9.17) is 5.73 Å². The van der Waals surface area contributed by atoms with Gasteiger partial charge in [-0.05, 0) is 12.1 Å². The molecule has 5 nitrogen and oxygen atoms in total. The Balaban J connectivity index is 1.93. The summed E-state index contributed by atoms with van der Waals surface area (Å²) in [7, 11) is 0. The maximum Gasteiger partial charge on any atom is 0.230 e. The van der Waals surface area contributed by atoms with Crippen LogP contribution in [0.4, 0.5) is 5.69 Å². The van der Waals surface area contributed by atoms with E-state index >= 15 is 0 Å². The minimum absolute atomic E-state index is 0.105. The molecule has 2 rings (SSSR count). The second-order valence-corrected chi connectivity index (χ2v) is 4.35. The highest BCUT2D eigenvalue weighted by molar-refractivity contribution is 7.09. The number of aromatic nitrogens is 2. The van der Waals surface area contributed by atoms with E-state index in [9.17, 15) is 4.79 Å². The number of carbonyl (C=O) groups is 1. The second kappa shape index (κ2) is 5.51. The molecule has 0 spiro atoms. The van der Waals surface area contributed by atoms with Crippen LogP contribution in [-0.4, -0.2) is 15.9 Å². The first kappa shape index (κ1) is 11.7. The molecule has 0 fully saturated rings. The monoisotopic (exact) mass is 248 g/mol. The molecule has 0 saturated heterocycles. The largest absolute Gasteiger partial charge is 0.325 e. The Labute approximate surface area is 103 Å². The number of pyridine rings is 1. The summed E-state index contributed by atoms with van der Waals surface area (Å²) in [5, 5.41) is 5.44. The lowest BCUT2D eigenvalue weighted by Crippen LogP contribution is -2.14. The van der Waals surface area contributed by atoms with Crippen molar-refractivity contribution in [2.75, 3.05) is 5.32 Å². The summed E-state index contributed by atoms with van der Waals surface area (Å²) >= 11 is 1.47. The SMILES string of the molecule is NCc1nc(CC(=O)Nc2cccnc2)cs1. The molecule has 17 heavy (non-hydrogen) atoms. The molecule has 1 amide bonds. The highest BCUT2D eigenvalue weighted by Crippen LogP contribution is 2.10. The lowest BCUT2D eigenvalue weighted by molar-refractivity contribution is -0.115. The van der Waals surface area contributed by atoms with Gasteiger partial charge < -0.3 is 11.1 Å². The number of nitrogens with two attached hydrogens (primary N) is 1. The summed E-state index contributed by atoms with van der Waals surface area (Å²) in [6.07, 6.45) is 3.51. The summed E-state index contributed by atoms with van der Waals surface area (Å²) < 4.78 is 0. The first-order valence-corrected chi connectivity index (χ1v) is 5.99. The zero-order valence-electron chi connectivity index (χ0n) is 9.09. The van der Waals surface area contributed by atoms with Gasteiger partial charge in [-0.2, -0.15) is 0 Å². The quantitative estimate of drug-likeness (QED) is 0.851. The van der Waals surface area contributed by atoms with Gasteiger partial charge in [-0.1, -0.05) is 0 Å². The minimum atomic E-state index is -0.105. The summed E-state index contributed by atoms with van der Waals surface area (Å²) in [5.74, 6) is -0.105. The van der Waals surface area contributed by atoms with Gasteiger partial charge in [0, 0.05) is 18.1 Å². The van der Waals surface area contributed by atoms with Crippen molar-refractivity contribution in [2.45, 2.75) is 13.0 Å². The Morgan fingerprint density at radius 2 is 2.41 bits per heavy atom. The molecule has 0 saturated carbocycles. The average molecular weight is 248 g/mol.